The van der Waals surface area contributed by atoms with Gasteiger partial charge >= 0.3 is 0 Å². The first kappa shape index (κ1) is 17.8. The van der Waals surface area contributed by atoms with Crippen molar-refractivity contribution in [2.75, 3.05) is 13.1 Å². The van der Waals surface area contributed by atoms with Crippen LogP contribution >= 0.6 is 0 Å². The summed E-state index contributed by atoms with van der Waals surface area (Å²) < 4.78 is 0. The summed E-state index contributed by atoms with van der Waals surface area (Å²) in [5.74, 6) is -1.86. The van der Waals surface area contributed by atoms with E-state index in [0.29, 0.717) is 22.3 Å². The SMILES string of the molecule is O=C(CCN1C(=O)c2ccccc2C1=O)CCN1C(=O)c2ccccc2C1=O. The van der Waals surface area contributed by atoms with Crippen LogP contribution in [0.1, 0.15) is 54.3 Å². The number of nitrogens with zero attached hydrogens (tertiary/aromatic N) is 2. The molecule has 7 nitrogen and oxygen atoms in total. The molecule has 0 unspecified atom stereocenters. The third-order valence-corrected chi connectivity index (χ3v) is 4.98. The van der Waals surface area contributed by atoms with Gasteiger partial charge in [0.25, 0.3) is 23.6 Å². The van der Waals surface area contributed by atoms with E-state index < -0.39 is 23.6 Å². The molecule has 2 aromatic carbocycles. The first-order valence-electron chi connectivity index (χ1n) is 8.91. The molecule has 0 atom stereocenters. The minimum absolute atomic E-state index is 0.0192. The van der Waals surface area contributed by atoms with Crippen molar-refractivity contribution >= 4 is 29.4 Å². The number of benzene rings is 2. The van der Waals surface area contributed by atoms with Crippen LogP contribution in [0, 0.1) is 0 Å². The van der Waals surface area contributed by atoms with E-state index in [-0.39, 0.29) is 31.7 Å². The average molecular weight is 376 g/mol. The molecular weight excluding hydrogens is 360 g/mol. The minimum atomic E-state index is -0.409. The lowest BCUT2D eigenvalue weighted by Gasteiger charge is -2.15. The van der Waals surface area contributed by atoms with Gasteiger partial charge in [0.2, 0.25) is 0 Å². The van der Waals surface area contributed by atoms with Crippen LogP contribution in [-0.4, -0.2) is 52.3 Å². The number of ketones is 1. The topological polar surface area (TPSA) is 91.8 Å². The van der Waals surface area contributed by atoms with Gasteiger partial charge in [0.05, 0.1) is 22.3 Å². The summed E-state index contributed by atoms with van der Waals surface area (Å²) in [6, 6.07) is 13.1. The van der Waals surface area contributed by atoms with E-state index in [2.05, 4.69) is 0 Å². The van der Waals surface area contributed by atoms with E-state index in [0.717, 1.165) is 9.80 Å². The van der Waals surface area contributed by atoms with Gasteiger partial charge in [-0.15, -0.1) is 0 Å². The number of fused-ring (bicyclic) bond motifs is 2. The van der Waals surface area contributed by atoms with Gasteiger partial charge in [-0.3, -0.25) is 33.8 Å². The van der Waals surface area contributed by atoms with Gasteiger partial charge in [0.15, 0.2) is 0 Å². The van der Waals surface area contributed by atoms with Crippen LogP contribution < -0.4 is 0 Å². The third-order valence-electron chi connectivity index (χ3n) is 4.98. The van der Waals surface area contributed by atoms with Crippen molar-refractivity contribution in [1.29, 1.82) is 0 Å². The van der Waals surface area contributed by atoms with Gasteiger partial charge in [-0.2, -0.15) is 0 Å². The van der Waals surface area contributed by atoms with Crippen molar-refractivity contribution in [2.24, 2.45) is 0 Å². The molecule has 0 aliphatic carbocycles. The van der Waals surface area contributed by atoms with E-state index in [1.165, 1.54) is 0 Å². The van der Waals surface area contributed by atoms with Crippen LogP contribution in [-0.2, 0) is 4.79 Å². The van der Waals surface area contributed by atoms with Gasteiger partial charge in [-0.25, -0.2) is 0 Å². The number of imide groups is 2. The maximum Gasteiger partial charge on any atom is 0.261 e. The molecule has 2 aromatic rings. The highest BCUT2D eigenvalue weighted by Crippen LogP contribution is 2.24. The number of amides is 4. The van der Waals surface area contributed by atoms with Gasteiger partial charge < -0.3 is 0 Å². The summed E-state index contributed by atoms with van der Waals surface area (Å²) in [6.07, 6.45) is -0.0384. The zero-order chi connectivity index (χ0) is 19.8. The van der Waals surface area contributed by atoms with E-state index in [1.54, 1.807) is 48.5 Å². The quantitative estimate of drug-likeness (QED) is 0.719. The summed E-state index contributed by atoms with van der Waals surface area (Å²) in [5.41, 5.74) is 1.36. The summed E-state index contributed by atoms with van der Waals surface area (Å²) in [5, 5.41) is 0. The van der Waals surface area contributed by atoms with Crippen LogP contribution in [0.25, 0.3) is 0 Å². The fourth-order valence-electron chi connectivity index (χ4n) is 3.48. The van der Waals surface area contributed by atoms with Crippen molar-refractivity contribution in [1.82, 2.24) is 9.80 Å². The maximum atomic E-state index is 12.3. The monoisotopic (exact) mass is 376 g/mol. The Morgan fingerprint density at radius 2 is 0.857 bits per heavy atom. The Hall–Kier alpha value is -3.61. The molecule has 0 bridgehead atoms. The second-order valence-electron chi connectivity index (χ2n) is 6.65. The first-order valence-corrected chi connectivity index (χ1v) is 8.91. The Kier molecular flexibility index (Phi) is 4.35. The molecule has 28 heavy (non-hydrogen) atoms. The van der Waals surface area contributed by atoms with Crippen molar-refractivity contribution in [3.05, 3.63) is 70.8 Å². The van der Waals surface area contributed by atoms with E-state index in [9.17, 15) is 24.0 Å². The van der Waals surface area contributed by atoms with Gasteiger partial charge in [0, 0.05) is 25.9 Å². The molecule has 0 radical (unpaired) electrons. The minimum Gasteiger partial charge on any atom is -0.300 e. The summed E-state index contributed by atoms with van der Waals surface area (Å²) in [7, 11) is 0. The van der Waals surface area contributed by atoms with Crippen molar-refractivity contribution in [2.45, 2.75) is 12.8 Å². The number of hydrogen-bond donors (Lipinski definition) is 0. The molecule has 0 saturated carbocycles. The predicted molar refractivity (Wildman–Crippen MR) is 97.9 cm³/mol. The Bertz CT molecular complexity index is 891. The lowest BCUT2D eigenvalue weighted by Crippen LogP contribution is -2.34. The fourth-order valence-corrected chi connectivity index (χ4v) is 3.48. The lowest BCUT2D eigenvalue weighted by atomic mass is 10.1. The molecule has 0 spiro atoms. The molecule has 2 aliphatic heterocycles. The normalized spacial score (nSPS) is 15.3. The van der Waals surface area contributed by atoms with Gasteiger partial charge in [-0.05, 0) is 24.3 Å². The second kappa shape index (κ2) is 6.84. The van der Waals surface area contributed by atoms with Crippen LogP contribution in [0.2, 0.25) is 0 Å². The molecule has 140 valence electrons. The van der Waals surface area contributed by atoms with Crippen molar-refractivity contribution in [3.8, 4) is 0 Å². The van der Waals surface area contributed by atoms with Crippen LogP contribution in [0.5, 0.6) is 0 Å². The molecule has 0 N–H and O–H groups in total. The number of carbonyl (C=O) groups is 5. The molecule has 7 heteroatoms. The van der Waals surface area contributed by atoms with E-state index in [1.807, 2.05) is 0 Å². The lowest BCUT2D eigenvalue weighted by molar-refractivity contribution is -0.119. The Morgan fingerprint density at radius 1 is 0.571 bits per heavy atom. The third kappa shape index (κ3) is 2.81. The predicted octanol–water partition coefficient (Wildman–Crippen LogP) is 1.93. The molecular formula is C21H16N2O5. The van der Waals surface area contributed by atoms with Crippen LogP contribution in [0.3, 0.4) is 0 Å². The number of Topliss-reactive ketones (excluding diaryl/α,β-unsaturated/α-hetero) is 1. The van der Waals surface area contributed by atoms with Gasteiger partial charge in [0.1, 0.15) is 5.78 Å². The van der Waals surface area contributed by atoms with Crippen LogP contribution in [0.15, 0.2) is 48.5 Å². The average Bonchev–Trinajstić information content (AvgIpc) is 3.10. The Morgan fingerprint density at radius 3 is 1.14 bits per heavy atom. The maximum absolute atomic E-state index is 12.3. The molecule has 2 aliphatic rings. The Labute approximate surface area is 160 Å². The van der Waals surface area contributed by atoms with Gasteiger partial charge in [-0.1, -0.05) is 24.3 Å². The standard InChI is InChI=1S/C21H16N2O5/c24-13(9-11-22-18(25)14-5-1-2-6-15(14)19(22)26)10-12-23-20(27)16-7-3-4-8-17(16)21(23)28/h1-8H,9-12H2. The molecule has 4 rings (SSSR count). The summed E-state index contributed by atoms with van der Waals surface area (Å²) in [4.78, 5) is 63.5. The highest BCUT2D eigenvalue weighted by atomic mass is 16.2. The number of rotatable bonds is 6. The smallest absolute Gasteiger partial charge is 0.261 e. The largest absolute Gasteiger partial charge is 0.300 e. The summed E-state index contributed by atoms with van der Waals surface area (Å²) in [6.45, 7) is -0.0411. The number of carbonyl (C=O) groups excluding carboxylic acids is 5. The molecule has 0 fully saturated rings. The van der Waals surface area contributed by atoms with E-state index in [4.69, 9.17) is 0 Å². The second-order valence-corrected chi connectivity index (χ2v) is 6.65. The molecule has 2 heterocycles. The number of hydrogen-bond acceptors (Lipinski definition) is 5. The molecule has 4 amide bonds. The fraction of sp³-hybridized carbons (Fsp3) is 0.190. The molecule has 0 aromatic heterocycles. The highest BCUT2D eigenvalue weighted by Gasteiger charge is 2.36. The van der Waals surface area contributed by atoms with Crippen molar-refractivity contribution < 1.29 is 24.0 Å². The summed E-state index contributed by atoms with van der Waals surface area (Å²) >= 11 is 0. The zero-order valence-corrected chi connectivity index (χ0v) is 14.9. The first-order chi connectivity index (χ1) is 13.5. The molecule has 0 saturated heterocycles. The van der Waals surface area contributed by atoms with Crippen LogP contribution in [0.4, 0.5) is 0 Å². The van der Waals surface area contributed by atoms with E-state index >= 15 is 0 Å². The Balaban J connectivity index is 1.33. The van der Waals surface area contributed by atoms with Crippen molar-refractivity contribution in [3.63, 3.8) is 0 Å². The highest BCUT2D eigenvalue weighted by molar-refractivity contribution is 6.22. The zero-order valence-electron chi connectivity index (χ0n) is 14.9.